The topological polar surface area (TPSA) is 18.5 Å². The molecule has 1 fully saturated rings. The first-order chi connectivity index (χ1) is 15.0. The summed E-state index contributed by atoms with van der Waals surface area (Å²) in [6.45, 7) is 17.5. The number of rotatable bonds is 4. The van der Waals surface area contributed by atoms with E-state index in [9.17, 15) is 0 Å². The molecule has 0 spiro atoms. The second-order valence-electron chi connectivity index (χ2n) is 10.3. The molecule has 3 aromatic carbocycles. The van der Waals surface area contributed by atoms with Gasteiger partial charge in [-0.05, 0) is 60.9 Å². The first-order valence-corrected chi connectivity index (χ1v) is 11.6. The fourth-order valence-corrected chi connectivity index (χ4v) is 4.87. The molecule has 4 rings (SSSR count). The van der Waals surface area contributed by atoms with E-state index in [1.165, 1.54) is 38.6 Å². The summed E-state index contributed by atoms with van der Waals surface area (Å²) < 4.78 is 12.5. The summed E-state index contributed by atoms with van der Waals surface area (Å²) >= 11 is 0. The first-order valence-electron chi connectivity index (χ1n) is 11.6. The molecule has 1 heterocycles. The van der Waals surface area contributed by atoms with Gasteiger partial charge in [-0.2, -0.15) is 0 Å². The van der Waals surface area contributed by atoms with Crippen LogP contribution in [-0.4, -0.2) is 25.0 Å². The third-order valence-corrected chi connectivity index (χ3v) is 7.46. The van der Waals surface area contributed by atoms with Gasteiger partial charge in [-0.1, -0.05) is 99.3 Å². The van der Waals surface area contributed by atoms with E-state index in [0.29, 0.717) is 0 Å². The monoisotopic (exact) mass is 424 g/mol. The minimum absolute atomic E-state index is 0.185. The third-order valence-electron chi connectivity index (χ3n) is 7.46. The van der Waals surface area contributed by atoms with Crippen LogP contribution in [0.1, 0.15) is 49.9 Å². The average molecular weight is 424 g/mol. The van der Waals surface area contributed by atoms with Crippen molar-refractivity contribution in [3.63, 3.8) is 0 Å². The smallest absolute Gasteiger partial charge is 0.399 e. The summed E-state index contributed by atoms with van der Waals surface area (Å²) in [5.74, 6) is 0. The fourth-order valence-electron chi connectivity index (χ4n) is 4.87. The van der Waals surface area contributed by atoms with E-state index in [-0.39, 0.29) is 25.0 Å². The summed E-state index contributed by atoms with van der Waals surface area (Å²) in [6.07, 6.45) is 0. The molecular formula is C28H34B2O2. The van der Waals surface area contributed by atoms with Gasteiger partial charge in [0.15, 0.2) is 0 Å². The molecule has 0 radical (unpaired) electrons. The highest BCUT2D eigenvalue weighted by molar-refractivity contribution is 6.96. The minimum atomic E-state index is -0.340. The van der Waals surface area contributed by atoms with Gasteiger partial charge in [-0.3, -0.25) is 0 Å². The van der Waals surface area contributed by atoms with E-state index >= 15 is 0 Å². The minimum Gasteiger partial charge on any atom is -0.399 e. The second-order valence-corrected chi connectivity index (χ2v) is 10.3. The Hall–Kier alpha value is -2.29. The first kappa shape index (κ1) is 22.9. The van der Waals surface area contributed by atoms with Crippen molar-refractivity contribution in [1.29, 1.82) is 0 Å². The Morgan fingerprint density at radius 1 is 0.594 bits per heavy atom. The summed E-state index contributed by atoms with van der Waals surface area (Å²) in [4.78, 5) is 0. The van der Waals surface area contributed by atoms with Gasteiger partial charge in [0.1, 0.15) is 0 Å². The molecule has 2 nitrogen and oxygen atoms in total. The SMILES string of the molecule is Cc1cccc(C)c1B(c1ccc(B2OC(C)(C)C(C)(C)O2)cc1)c1c(C)cccc1C. The van der Waals surface area contributed by atoms with Crippen molar-refractivity contribution in [2.24, 2.45) is 0 Å². The van der Waals surface area contributed by atoms with Gasteiger partial charge in [-0.25, -0.2) is 0 Å². The van der Waals surface area contributed by atoms with E-state index in [4.69, 9.17) is 9.31 Å². The number of hydrogen-bond acceptors (Lipinski definition) is 2. The molecule has 164 valence electrons. The van der Waals surface area contributed by atoms with Crippen LogP contribution in [0.4, 0.5) is 0 Å². The average Bonchev–Trinajstić information content (AvgIpc) is 2.93. The largest absolute Gasteiger partial charge is 0.494 e. The van der Waals surface area contributed by atoms with Crippen molar-refractivity contribution in [1.82, 2.24) is 0 Å². The zero-order chi connectivity index (χ0) is 23.3. The lowest BCUT2D eigenvalue weighted by Gasteiger charge is -2.32. The highest BCUT2D eigenvalue weighted by Gasteiger charge is 2.51. The Kier molecular flexibility index (Phi) is 5.90. The van der Waals surface area contributed by atoms with E-state index < -0.39 is 0 Å². The van der Waals surface area contributed by atoms with Crippen molar-refractivity contribution in [2.75, 3.05) is 0 Å². The van der Waals surface area contributed by atoms with E-state index in [2.05, 4.69) is 116 Å². The van der Waals surface area contributed by atoms with Crippen molar-refractivity contribution < 1.29 is 9.31 Å². The maximum Gasteiger partial charge on any atom is 0.494 e. The van der Waals surface area contributed by atoms with E-state index in [0.717, 1.165) is 5.46 Å². The van der Waals surface area contributed by atoms with Crippen LogP contribution >= 0.6 is 0 Å². The fraction of sp³-hybridized carbons (Fsp3) is 0.357. The number of benzene rings is 3. The zero-order valence-electron chi connectivity index (χ0n) is 20.7. The van der Waals surface area contributed by atoms with Gasteiger partial charge in [0.25, 0.3) is 0 Å². The Balaban J connectivity index is 1.80. The Bertz CT molecular complexity index is 1020. The zero-order valence-corrected chi connectivity index (χ0v) is 20.7. The van der Waals surface area contributed by atoms with Gasteiger partial charge in [0.2, 0.25) is 6.71 Å². The Morgan fingerprint density at radius 2 is 0.969 bits per heavy atom. The molecule has 0 aromatic heterocycles. The maximum absolute atomic E-state index is 6.27. The van der Waals surface area contributed by atoms with Crippen molar-refractivity contribution in [3.8, 4) is 0 Å². The normalized spacial score (nSPS) is 16.9. The second kappa shape index (κ2) is 8.24. The number of hydrogen-bond donors (Lipinski definition) is 0. The lowest BCUT2D eigenvalue weighted by molar-refractivity contribution is 0.00578. The standard InChI is InChI=1S/C28H34B2O2/c1-19-11-9-12-20(2)25(19)29(26-21(3)13-10-14-22(26)4)23-15-17-24(18-16-23)30-31-27(5,6)28(7,8)32-30/h9-18H,1-8H3. The highest BCUT2D eigenvalue weighted by Crippen LogP contribution is 2.36. The molecule has 0 N–H and O–H groups in total. The molecule has 0 atom stereocenters. The lowest BCUT2D eigenvalue weighted by atomic mass is 9.34. The van der Waals surface area contributed by atoms with Gasteiger partial charge < -0.3 is 9.31 Å². The molecule has 0 aliphatic carbocycles. The molecule has 0 unspecified atom stereocenters. The van der Waals surface area contributed by atoms with E-state index in [1.807, 2.05) is 0 Å². The number of aryl methyl sites for hydroxylation is 4. The van der Waals surface area contributed by atoms with Crippen molar-refractivity contribution in [3.05, 3.63) is 82.9 Å². The van der Waals surface area contributed by atoms with Crippen LogP contribution in [0.5, 0.6) is 0 Å². The molecule has 1 saturated heterocycles. The predicted molar refractivity (Wildman–Crippen MR) is 139 cm³/mol. The molecule has 4 heteroatoms. The van der Waals surface area contributed by atoms with Gasteiger partial charge in [0, 0.05) is 0 Å². The quantitative estimate of drug-likeness (QED) is 0.595. The van der Waals surface area contributed by atoms with Gasteiger partial charge >= 0.3 is 7.12 Å². The summed E-state index contributed by atoms with van der Waals surface area (Å²) in [5, 5.41) is 0. The molecular weight excluding hydrogens is 390 g/mol. The van der Waals surface area contributed by atoms with Crippen LogP contribution in [-0.2, 0) is 9.31 Å². The van der Waals surface area contributed by atoms with Crippen LogP contribution in [0.25, 0.3) is 0 Å². The molecule has 1 aliphatic rings. The predicted octanol–water partition coefficient (Wildman–Crippen LogP) is 3.74. The molecule has 1 aliphatic heterocycles. The lowest BCUT2D eigenvalue weighted by Crippen LogP contribution is -2.56. The van der Waals surface area contributed by atoms with Crippen LogP contribution in [0.2, 0.25) is 0 Å². The van der Waals surface area contributed by atoms with Crippen LogP contribution in [0.3, 0.4) is 0 Å². The molecule has 0 bridgehead atoms. The van der Waals surface area contributed by atoms with Crippen molar-refractivity contribution in [2.45, 2.75) is 66.6 Å². The summed E-state index contributed by atoms with van der Waals surface area (Å²) in [6, 6.07) is 22.0. The molecule has 3 aromatic rings. The van der Waals surface area contributed by atoms with E-state index in [1.54, 1.807) is 0 Å². The Labute approximate surface area is 194 Å². The van der Waals surface area contributed by atoms with Crippen LogP contribution in [0, 0.1) is 27.7 Å². The van der Waals surface area contributed by atoms with Crippen molar-refractivity contribution >= 4 is 35.7 Å². The third kappa shape index (κ3) is 3.95. The molecule has 0 amide bonds. The Morgan fingerprint density at radius 3 is 1.34 bits per heavy atom. The van der Waals surface area contributed by atoms with Gasteiger partial charge in [0.05, 0.1) is 11.2 Å². The van der Waals surface area contributed by atoms with Gasteiger partial charge in [-0.15, -0.1) is 0 Å². The highest BCUT2D eigenvalue weighted by atomic mass is 16.7. The summed E-state index contributed by atoms with van der Waals surface area (Å²) in [5.41, 5.74) is 9.78. The van der Waals surface area contributed by atoms with Crippen LogP contribution in [0.15, 0.2) is 60.7 Å². The maximum atomic E-state index is 6.27. The summed E-state index contributed by atoms with van der Waals surface area (Å²) in [7, 11) is -0.340. The van der Waals surface area contributed by atoms with Crippen LogP contribution < -0.4 is 21.9 Å². The molecule has 32 heavy (non-hydrogen) atoms. The molecule has 0 saturated carbocycles.